The average Bonchev–Trinajstić information content (AvgIpc) is 3.22. The standard InChI is InChI=1S/C14H15N7OS/c1-20-14(23-2)18-13(19-20)17-12(22)8-7-16-9-3-5-21-6-4-15-11(21)10(8)9/h4,6-7,16H,3,5H2,1-2H3,(H,17,19,22). The Morgan fingerprint density at radius 1 is 1.48 bits per heavy atom. The van der Waals surface area contributed by atoms with Crippen LogP contribution in [0, 0.1) is 0 Å². The molecule has 4 heterocycles. The zero-order chi connectivity index (χ0) is 16.0. The van der Waals surface area contributed by atoms with Gasteiger partial charge in [0.05, 0.1) is 11.1 Å². The van der Waals surface area contributed by atoms with Crippen LogP contribution in [0.25, 0.3) is 11.4 Å². The first-order valence-corrected chi connectivity index (χ1v) is 8.38. The molecule has 0 bridgehead atoms. The Labute approximate surface area is 136 Å². The molecule has 118 valence electrons. The van der Waals surface area contributed by atoms with Gasteiger partial charge in [-0.15, -0.1) is 5.10 Å². The fourth-order valence-corrected chi connectivity index (χ4v) is 3.30. The summed E-state index contributed by atoms with van der Waals surface area (Å²) in [5, 5.41) is 7.70. The molecule has 0 spiro atoms. The van der Waals surface area contributed by atoms with E-state index in [1.165, 1.54) is 11.8 Å². The number of nitrogens with zero attached hydrogens (tertiary/aromatic N) is 5. The molecule has 9 heteroatoms. The minimum atomic E-state index is -0.239. The Balaban J connectivity index is 1.67. The van der Waals surface area contributed by atoms with Gasteiger partial charge in [0.2, 0.25) is 5.95 Å². The Kier molecular flexibility index (Phi) is 3.22. The number of carbonyl (C=O) groups is 1. The second-order valence-electron chi connectivity index (χ2n) is 5.25. The summed E-state index contributed by atoms with van der Waals surface area (Å²) in [6, 6.07) is 0. The molecule has 0 radical (unpaired) electrons. The van der Waals surface area contributed by atoms with E-state index < -0.39 is 0 Å². The van der Waals surface area contributed by atoms with E-state index in [4.69, 9.17) is 0 Å². The second-order valence-corrected chi connectivity index (χ2v) is 6.02. The van der Waals surface area contributed by atoms with E-state index in [1.807, 2.05) is 12.5 Å². The molecule has 23 heavy (non-hydrogen) atoms. The molecular weight excluding hydrogens is 314 g/mol. The van der Waals surface area contributed by atoms with Crippen molar-refractivity contribution in [3.8, 4) is 11.4 Å². The summed E-state index contributed by atoms with van der Waals surface area (Å²) in [6.07, 6.45) is 8.17. The van der Waals surface area contributed by atoms with Gasteiger partial charge in [-0.3, -0.25) is 10.1 Å². The third kappa shape index (κ3) is 2.24. The van der Waals surface area contributed by atoms with Crippen molar-refractivity contribution in [3.63, 3.8) is 0 Å². The van der Waals surface area contributed by atoms with Crippen molar-refractivity contribution >= 4 is 23.6 Å². The minimum absolute atomic E-state index is 0.239. The molecule has 0 aromatic carbocycles. The van der Waals surface area contributed by atoms with Gasteiger partial charge in [0.1, 0.15) is 5.82 Å². The van der Waals surface area contributed by atoms with Gasteiger partial charge in [-0.2, -0.15) is 4.98 Å². The summed E-state index contributed by atoms with van der Waals surface area (Å²) in [4.78, 5) is 24.5. The van der Waals surface area contributed by atoms with Crippen molar-refractivity contribution in [2.75, 3.05) is 11.6 Å². The predicted octanol–water partition coefficient (Wildman–Crippen LogP) is 1.54. The SMILES string of the molecule is CSc1nc(NC(=O)c2c[nH]c3c2-c2nccn2CC3)nn1C. The maximum atomic E-state index is 12.6. The quantitative estimate of drug-likeness (QED) is 0.711. The van der Waals surface area contributed by atoms with Crippen molar-refractivity contribution in [2.24, 2.45) is 7.05 Å². The van der Waals surface area contributed by atoms with Crippen molar-refractivity contribution < 1.29 is 4.79 Å². The smallest absolute Gasteiger partial charge is 0.260 e. The summed E-state index contributed by atoms with van der Waals surface area (Å²) in [6.45, 7) is 0.864. The molecule has 0 atom stereocenters. The molecule has 0 unspecified atom stereocenters. The first kappa shape index (κ1) is 14.1. The van der Waals surface area contributed by atoms with Crippen LogP contribution in [0.4, 0.5) is 5.95 Å². The first-order valence-electron chi connectivity index (χ1n) is 7.15. The highest BCUT2D eigenvalue weighted by atomic mass is 32.2. The third-order valence-electron chi connectivity index (χ3n) is 3.88. The normalized spacial score (nSPS) is 12.8. The number of aryl methyl sites for hydroxylation is 3. The highest BCUT2D eigenvalue weighted by Gasteiger charge is 2.25. The monoisotopic (exact) mass is 329 g/mol. The van der Waals surface area contributed by atoms with Gasteiger partial charge < -0.3 is 9.55 Å². The van der Waals surface area contributed by atoms with Crippen LogP contribution in [0.5, 0.6) is 0 Å². The van der Waals surface area contributed by atoms with E-state index >= 15 is 0 Å². The van der Waals surface area contributed by atoms with Crippen molar-refractivity contribution in [1.82, 2.24) is 29.3 Å². The zero-order valence-electron chi connectivity index (χ0n) is 12.7. The first-order chi connectivity index (χ1) is 11.2. The molecular formula is C14H15N7OS. The Morgan fingerprint density at radius 3 is 3.13 bits per heavy atom. The lowest BCUT2D eigenvalue weighted by atomic mass is 10.0. The number of rotatable bonds is 3. The van der Waals surface area contributed by atoms with Gasteiger partial charge in [0.25, 0.3) is 5.91 Å². The largest absolute Gasteiger partial charge is 0.364 e. The van der Waals surface area contributed by atoms with Crippen molar-refractivity contribution in [3.05, 3.63) is 29.8 Å². The van der Waals surface area contributed by atoms with Crippen molar-refractivity contribution in [2.45, 2.75) is 18.1 Å². The topological polar surface area (TPSA) is 93.4 Å². The van der Waals surface area contributed by atoms with E-state index in [0.29, 0.717) is 11.5 Å². The van der Waals surface area contributed by atoms with E-state index in [0.717, 1.165) is 35.2 Å². The number of aromatic nitrogens is 6. The molecule has 0 aliphatic carbocycles. The van der Waals surface area contributed by atoms with Crippen LogP contribution in [-0.2, 0) is 20.0 Å². The molecule has 2 N–H and O–H groups in total. The van der Waals surface area contributed by atoms with Crippen LogP contribution in [0.3, 0.4) is 0 Å². The van der Waals surface area contributed by atoms with Gasteiger partial charge in [0.15, 0.2) is 5.16 Å². The van der Waals surface area contributed by atoms with Crippen LogP contribution in [-0.4, -0.2) is 41.5 Å². The Hall–Kier alpha value is -2.55. The number of aromatic amines is 1. The molecule has 1 aliphatic heterocycles. The lowest BCUT2D eigenvalue weighted by Crippen LogP contribution is -2.16. The van der Waals surface area contributed by atoms with Gasteiger partial charge >= 0.3 is 0 Å². The van der Waals surface area contributed by atoms with Crippen LogP contribution in [0.1, 0.15) is 16.1 Å². The summed E-state index contributed by atoms with van der Waals surface area (Å²) < 4.78 is 3.69. The summed E-state index contributed by atoms with van der Waals surface area (Å²) in [5.41, 5.74) is 2.46. The van der Waals surface area contributed by atoms with Crippen molar-refractivity contribution in [1.29, 1.82) is 0 Å². The number of hydrogen-bond acceptors (Lipinski definition) is 5. The molecule has 8 nitrogen and oxygen atoms in total. The molecule has 4 rings (SSSR count). The van der Waals surface area contributed by atoms with Gasteiger partial charge in [-0.25, -0.2) is 9.67 Å². The van der Waals surface area contributed by atoms with Gasteiger partial charge in [-0.05, 0) is 6.26 Å². The molecule has 1 aliphatic rings. The maximum absolute atomic E-state index is 12.6. The van der Waals surface area contributed by atoms with Crippen LogP contribution in [0.15, 0.2) is 23.7 Å². The number of nitrogens with one attached hydrogen (secondary N) is 2. The predicted molar refractivity (Wildman–Crippen MR) is 86.5 cm³/mol. The van der Waals surface area contributed by atoms with E-state index in [2.05, 4.69) is 29.9 Å². The van der Waals surface area contributed by atoms with Crippen LogP contribution >= 0.6 is 11.8 Å². The lowest BCUT2D eigenvalue weighted by Gasteiger charge is -2.15. The molecule has 0 fully saturated rings. The number of amides is 1. The molecule has 0 saturated carbocycles. The number of anilines is 1. The zero-order valence-corrected chi connectivity index (χ0v) is 13.5. The van der Waals surface area contributed by atoms with Gasteiger partial charge in [-0.1, -0.05) is 11.8 Å². The summed E-state index contributed by atoms with van der Waals surface area (Å²) in [7, 11) is 1.80. The molecule has 3 aromatic heterocycles. The van der Waals surface area contributed by atoms with E-state index in [-0.39, 0.29) is 5.91 Å². The number of thioether (sulfide) groups is 1. The molecule has 3 aromatic rings. The van der Waals surface area contributed by atoms with Crippen LogP contribution < -0.4 is 5.32 Å². The molecule has 1 amide bonds. The number of hydrogen-bond donors (Lipinski definition) is 2. The summed E-state index contributed by atoms with van der Waals surface area (Å²) >= 11 is 1.47. The van der Waals surface area contributed by atoms with E-state index in [1.54, 1.807) is 24.1 Å². The number of fused-ring (bicyclic) bond motifs is 3. The second kappa shape index (κ2) is 5.27. The van der Waals surface area contributed by atoms with Gasteiger partial charge in [0, 0.05) is 44.3 Å². The Bertz CT molecular complexity index is 891. The fourth-order valence-electron chi connectivity index (χ4n) is 2.82. The lowest BCUT2D eigenvalue weighted by molar-refractivity contribution is 0.102. The number of H-pyrrole nitrogens is 1. The highest BCUT2D eigenvalue weighted by Crippen LogP contribution is 2.31. The fraction of sp³-hybridized carbons (Fsp3) is 0.286. The Morgan fingerprint density at radius 2 is 2.35 bits per heavy atom. The average molecular weight is 329 g/mol. The van der Waals surface area contributed by atoms with E-state index in [9.17, 15) is 4.79 Å². The third-order valence-corrected chi connectivity index (χ3v) is 4.60. The maximum Gasteiger partial charge on any atom is 0.260 e. The minimum Gasteiger partial charge on any atom is -0.364 e. The highest BCUT2D eigenvalue weighted by molar-refractivity contribution is 7.98. The molecule has 0 saturated heterocycles. The summed E-state index contributed by atoms with van der Waals surface area (Å²) in [5.74, 6) is 0.879. The number of carbonyl (C=O) groups excluding carboxylic acids is 1. The number of imidazole rings is 1. The van der Waals surface area contributed by atoms with Crippen LogP contribution in [0.2, 0.25) is 0 Å².